The predicted octanol–water partition coefficient (Wildman–Crippen LogP) is 2.87. The molecule has 1 aromatic heterocycles. The van der Waals surface area contributed by atoms with Gasteiger partial charge in [0.05, 0.1) is 18.1 Å². The molecule has 3 unspecified atom stereocenters. The first-order chi connectivity index (χ1) is 11.4. The zero-order valence-electron chi connectivity index (χ0n) is 14.5. The van der Waals surface area contributed by atoms with Crippen molar-refractivity contribution < 1.29 is 9.59 Å². The minimum atomic E-state index is -0.284. The van der Waals surface area contributed by atoms with Gasteiger partial charge in [-0.25, -0.2) is 19.7 Å². The van der Waals surface area contributed by atoms with E-state index >= 15 is 0 Å². The first-order valence-electron chi connectivity index (χ1n) is 8.87. The Bertz CT molecular complexity index is 679. The van der Waals surface area contributed by atoms with Gasteiger partial charge in [0, 0.05) is 11.5 Å². The fourth-order valence-electron chi connectivity index (χ4n) is 4.38. The summed E-state index contributed by atoms with van der Waals surface area (Å²) in [5.74, 6) is 1.10. The molecule has 0 N–H and O–H groups in total. The summed E-state index contributed by atoms with van der Waals surface area (Å²) in [6, 6.07) is -0.237. The Kier molecular flexibility index (Phi) is 3.41. The van der Waals surface area contributed by atoms with Crippen LogP contribution < -0.4 is 4.90 Å². The number of aromatic nitrogens is 2. The molecule has 6 heteroatoms. The van der Waals surface area contributed by atoms with Crippen molar-refractivity contribution in [3.05, 3.63) is 18.2 Å². The molecule has 3 atom stereocenters. The van der Waals surface area contributed by atoms with Crippen molar-refractivity contribution in [1.29, 1.82) is 0 Å². The van der Waals surface area contributed by atoms with Gasteiger partial charge in [-0.2, -0.15) is 0 Å². The maximum absolute atomic E-state index is 12.9. The van der Waals surface area contributed by atoms with E-state index in [0.717, 1.165) is 25.7 Å². The SMILES string of the molecule is CC(C)(C)c1ncc(N2C(=O)C3CC4CCCCC4N3C2=O)cn1. The highest BCUT2D eigenvalue weighted by molar-refractivity contribution is 6.21. The highest BCUT2D eigenvalue weighted by Crippen LogP contribution is 2.44. The van der Waals surface area contributed by atoms with Crippen molar-refractivity contribution >= 4 is 17.6 Å². The normalized spacial score (nSPS) is 29.9. The quantitative estimate of drug-likeness (QED) is 0.744. The second-order valence-corrected chi connectivity index (χ2v) is 8.24. The molecule has 1 aromatic rings. The van der Waals surface area contributed by atoms with Crippen molar-refractivity contribution in [2.45, 2.75) is 70.4 Å². The second-order valence-electron chi connectivity index (χ2n) is 8.24. The van der Waals surface area contributed by atoms with Gasteiger partial charge < -0.3 is 4.90 Å². The second kappa shape index (κ2) is 5.26. The van der Waals surface area contributed by atoms with Gasteiger partial charge in [-0.15, -0.1) is 0 Å². The van der Waals surface area contributed by atoms with Crippen LogP contribution in [-0.2, 0) is 10.2 Å². The van der Waals surface area contributed by atoms with E-state index in [-0.39, 0.29) is 29.4 Å². The van der Waals surface area contributed by atoms with Crippen LogP contribution in [0.25, 0.3) is 0 Å². The van der Waals surface area contributed by atoms with E-state index in [4.69, 9.17) is 0 Å². The molecule has 3 heterocycles. The third kappa shape index (κ3) is 2.23. The molecular formula is C18H24N4O2. The highest BCUT2D eigenvalue weighted by atomic mass is 16.2. The lowest BCUT2D eigenvalue weighted by Crippen LogP contribution is -2.41. The van der Waals surface area contributed by atoms with Gasteiger partial charge in [-0.05, 0) is 25.2 Å². The van der Waals surface area contributed by atoms with Crippen LogP contribution >= 0.6 is 0 Å². The third-order valence-electron chi connectivity index (χ3n) is 5.57. The Morgan fingerprint density at radius 1 is 1.08 bits per heavy atom. The Balaban J connectivity index is 1.62. The number of imide groups is 1. The molecule has 1 saturated carbocycles. The largest absolute Gasteiger partial charge is 0.332 e. The predicted molar refractivity (Wildman–Crippen MR) is 89.6 cm³/mol. The fraction of sp³-hybridized carbons (Fsp3) is 0.667. The van der Waals surface area contributed by atoms with Crippen LogP contribution in [0.5, 0.6) is 0 Å². The van der Waals surface area contributed by atoms with Crippen LogP contribution in [0.4, 0.5) is 10.5 Å². The van der Waals surface area contributed by atoms with E-state index in [9.17, 15) is 9.59 Å². The smallest absolute Gasteiger partial charge is 0.309 e. The van der Waals surface area contributed by atoms with Crippen LogP contribution in [0.3, 0.4) is 0 Å². The van der Waals surface area contributed by atoms with E-state index in [0.29, 0.717) is 17.4 Å². The van der Waals surface area contributed by atoms with E-state index in [1.165, 1.54) is 11.3 Å². The zero-order chi connectivity index (χ0) is 17.1. The Morgan fingerprint density at radius 2 is 1.75 bits per heavy atom. The molecule has 1 aliphatic carbocycles. The van der Waals surface area contributed by atoms with Crippen molar-refractivity contribution in [1.82, 2.24) is 14.9 Å². The van der Waals surface area contributed by atoms with Gasteiger partial charge in [-0.3, -0.25) is 4.79 Å². The maximum Gasteiger partial charge on any atom is 0.332 e. The highest BCUT2D eigenvalue weighted by Gasteiger charge is 2.56. The summed E-state index contributed by atoms with van der Waals surface area (Å²) < 4.78 is 0. The van der Waals surface area contributed by atoms with Crippen LogP contribution in [0.1, 0.15) is 58.7 Å². The van der Waals surface area contributed by atoms with Crippen molar-refractivity contribution in [2.75, 3.05) is 4.90 Å². The third-order valence-corrected chi connectivity index (χ3v) is 5.57. The molecule has 2 saturated heterocycles. The maximum atomic E-state index is 12.9. The van der Waals surface area contributed by atoms with Crippen LogP contribution in [0.15, 0.2) is 12.4 Å². The number of nitrogens with zero attached hydrogens (tertiary/aromatic N) is 4. The van der Waals surface area contributed by atoms with Gasteiger partial charge in [0.15, 0.2) is 0 Å². The molecule has 0 bridgehead atoms. The first-order valence-corrected chi connectivity index (χ1v) is 8.87. The van der Waals surface area contributed by atoms with E-state index < -0.39 is 0 Å². The van der Waals surface area contributed by atoms with Crippen molar-refractivity contribution in [3.63, 3.8) is 0 Å². The summed E-state index contributed by atoms with van der Waals surface area (Å²) in [5.41, 5.74) is 0.326. The summed E-state index contributed by atoms with van der Waals surface area (Å²) in [6.45, 7) is 6.11. The Hall–Kier alpha value is -1.98. The molecule has 2 aliphatic heterocycles. The summed E-state index contributed by atoms with van der Waals surface area (Å²) in [6.07, 6.45) is 8.54. The van der Waals surface area contributed by atoms with Crippen LogP contribution in [-0.4, -0.2) is 38.9 Å². The number of amides is 3. The van der Waals surface area contributed by atoms with E-state index in [2.05, 4.69) is 9.97 Å². The summed E-state index contributed by atoms with van der Waals surface area (Å²) >= 11 is 0. The Morgan fingerprint density at radius 3 is 2.42 bits per heavy atom. The molecular weight excluding hydrogens is 304 g/mol. The lowest BCUT2D eigenvalue weighted by atomic mass is 9.84. The molecule has 0 spiro atoms. The molecule has 0 radical (unpaired) electrons. The monoisotopic (exact) mass is 328 g/mol. The average molecular weight is 328 g/mol. The molecule has 3 aliphatic rings. The van der Waals surface area contributed by atoms with Gasteiger partial charge in [0.1, 0.15) is 11.9 Å². The lowest BCUT2D eigenvalue weighted by molar-refractivity contribution is -0.119. The number of anilines is 1. The number of hydrogen-bond acceptors (Lipinski definition) is 4. The van der Waals surface area contributed by atoms with E-state index in [1.54, 1.807) is 12.4 Å². The topological polar surface area (TPSA) is 66.4 Å². The number of carbonyl (C=O) groups is 2. The Labute approximate surface area is 142 Å². The number of fused-ring (bicyclic) bond motifs is 3. The standard InChI is InChI=1S/C18H24N4O2/c1-18(2,3)16-19-9-12(10-20-16)21-15(23)14-8-11-6-4-5-7-13(11)22(14)17(21)24/h9-11,13-14H,4-8H2,1-3H3. The molecule has 24 heavy (non-hydrogen) atoms. The van der Waals surface area contributed by atoms with Crippen molar-refractivity contribution in [2.24, 2.45) is 5.92 Å². The number of urea groups is 1. The van der Waals surface area contributed by atoms with Gasteiger partial charge in [0.25, 0.3) is 5.91 Å². The zero-order valence-corrected chi connectivity index (χ0v) is 14.5. The molecule has 3 fully saturated rings. The summed E-state index contributed by atoms with van der Waals surface area (Å²) in [7, 11) is 0. The molecule has 6 nitrogen and oxygen atoms in total. The van der Waals surface area contributed by atoms with Gasteiger partial charge in [0.2, 0.25) is 0 Å². The fourth-order valence-corrected chi connectivity index (χ4v) is 4.38. The lowest BCUT2D eigenvalue weighted by Gasteiger charge is -2.30. The molecule has 3 amide bonds. The number of carbonyl (C=O) groups excluding carboxylic acids is 2. The number of rotatable bonds is 1. The molecule has 4 rings (SSSR count). The number of hydrogen-bond donors (Lipinski definition) is 0. The molecule has 128 valence electrons. The summed E-state index contributed by atoms with van der Waals surface area (Å²) in [4.78, 5) is 37.6. The minimum Gasteiger partial charge on any atom is -0.309 e. The van der Waals surface area contributed by atoms with Gasteiger partial charge >= 0.3 is 6.03 Å². The minimum absolute atomic E-state index is 0.110. The molecule has 0 aromatic carbocycles. The average Bonchev–Trinajstić information content (AvgIpc) is 3.04. The van der Waals surface area contributed by atoms with Crippen LogP contribution in [0.2, 0.25) is 0 Å². The van der Waals surface area contributed by atoms with Crippen LogP contribution in [0, 0.1) is 5.92 Å². The van der Waals surface area contributed by atoms with E-state index in [1.807, 2.05) is 25.7 Å². The first kappa shape index (κ1) is 15.5. The summed E-state index contributed by atoms with van der Waals surface area (Å²) in [5, 5.41) is 0. The van der Waals surface area contributed by atoms with Crippen molar-refractivity contribution in [3.8, 4) is 0 Å². The van der Waals surface area contributed by atoms with Gasteiger partial charge in [-0.1, -0.05) is 33.6 Å².